The molecule has 0 radical (unpaired) electrons. The van der Waals surface area contributed by atoms with Gasteiger partial charge in [-0.15, -0.1) is 0 Å². The van der Waals surface area contributed by atoms with Crippen molar-refractivity contribution in [1.29, 1.82) is 0 Å². The molecule has 0 aromatic carbocycles. The summed E-state index contributed by atoms with van der Waals surface area (Å²) < 4.78 is 0. The summed E-state index contributed by atoms with van der Waals surface area (Å²) in [6, 6.07) is 0. The second kappa shape index (κ2) is 6.95. The van der Waals surface area contributed by atoms with Gasteiger partial charge >= 0.3 is 0 Å². The normalized spacial score (nSPS) is 11.3. The molecule has 0 bridgehead atoms. The number of aromatic nitrogens is 4. The Morgan fingerprint density at radius 2 is 1.67 bits per heavy atom. The van der Waals surface area contributed by atoms with E-state index in [-0.39, 0.29) is 0 Å². The molecule has 2 aromatic rings. The van der Waals surface area contributed by atoms with Crippen LogP contribution in [0, 0.1) is 13.8 Å². The zero-order valence-corrected chi connectivity index (χ0v) is 13.7. The molecule has 2 aromatic heterocycles. The van der Waals surface area contributed by atoms with E-state index < -0.39 is 0 Å². The first-order valence-electron chi connectivity index (χ1n) is 7.19. The van der Waals surface area contributed by atoms with E-state index in [4.69, 9.17) is 11.6 Å². The minimum absolute atomic E-state index is 0.334. The van der Waals surface area contributed by atoms with Crippen molar-refractivity contribution in [2.45, 2.75) is 27.7 Å². The molecule has 0 fully saturated rings. The molecule has 6 nitrogen and oxygen atoms in total. The van der Waals surface area contributed by atoms with Crippen molar-refractivity contribution in [1.82, 2.24) is 24.8 Å². The molecule has 7 heteroatoms. The fourth-order valence-electron chi connectivity index (χ4n) is 2.02. The number of fused-ring (bicyclic) bond motifs is 1. The van der Waals surface area contributed by atoms with Crippen LogP contribution in [0.15, 0.2) is 0 Å². The Morgan fingerprint density at radius 3 is 2.33 bits per heavy atom. The lowest BCUT2D eigenvalue weighted by Gasteiger charge is -2.18. The maximum atomic E-state index is 6.18. The molecule has 1 N–H and O–H groups in total. The van der Waals surface area contributed by atoms with E-state index in [1.165, 1.54) is 0 Å². The highest BCUT2D eigenvalue weighted by Gasteiger charge is 2.10. The van der Waals surface area contributed by atoms with Gasteiger partial charge in [0.15, 0.2) is 10.8 Å². The summed E-state index contributed by atoms with van der Waals surface area (Å²) >= 11 is 6.18. The molecule has 0 atom stereocenters. The van der Waals surface area contributed by atoms with Crippen molar-refractivity contribution >= 4 is 28.7 Å². The third-order valence-corrected chi connectivity index (χ3v) is 3.77. The van der Waals surface area contributed by atoms with E-state index in [9.17, 15) is 0 Å². The summed E-state index contributed by atoms with van der Waals surface area (Å²) in [6.45, 7) is 11.9. The number of halogens is 1. The van der Waals surface area contributed by atoms with Gasteiger partial charge in [0.25, 0.3) is 0 Å². The lowest BCUT2D eigenvalue weighted by Crippen LogP contribution is -2.29. The van der Waals surface area contributed by atoms with Crippen molar-refractivity contribution in [3.05, 3.63) is 16.5 Å². The molecular formula is C14H21ClN6. The van der Waals surface area contributed by atoms with Gasteiger partial charge in [0.1, 0.15) is 5.52 Å². The number of rotatable bonds is 6. The second-order valence-corrected chi connectivity index (χ2v) is 5.22. The first-order chi connectivity index (χ1) is 10.0. The van der Waals surface area contributed by atoms with E-state index >= 15 is 0 Å². The Morgan fingerprint density at radius 1 is 1.00 bits per heavy atom. The second-order valence-electron chi connectivity index (χ2n) is 4.86. The smallest absolute Gasteiger partial charge is 0.226 e. The van der Waals surface area contributed by atoms with Crippen LogP contribution in [0.25, 0.3) is 11.2 Å². The van der Waals surface area contributed by atoms with E-state index in [1.807, 2.05) is 13.8 Å². The van der Waals surface area contributed by atoms with Crippen molar-refractivity contribution in [2.75, 3.05) is 31.5 Å². The van der Waals surface area contributed by atoms with Crippen LogP contribution >= 0.6 is 11.6 Å². The van der Waals surface area contributed by atoms with Crippen molar-refractivity contribution in [2.24, 2.45) is 0 Å². The fraction of sp³-hybridized carbons (Fsp3) is 0.571. The van der Waals surface area contributed by atoms with Crippen molar-refractivity contribution < 1.29 is 0 Å². The molecule has 2 rings (SSSR count). The van der Waals surface area contributed by atoms with E-state index in [0.717, 1.165) is 37.6 Å². The molecule has 114 valence electrons. The molecule has 0 aliphatic carbocycles. The number of nitrogens with zero attached hydrogens (tertiary/aromatic N) is 5. The van der Waals surface area contributed by atoms with E-state index in [1.54, 1.807) is 0 Å². The molecular weight excluding hydrogens is 288 g/mol. The molecule has 0 saturated carbocycles. The molecule has 0 saturated heterocycles. The van der Waals surface area contributed by atoms with Crippen LogP contribution in [0.2, 0.25) is 5.15 Å². The highest BCUT2D eigenvalue weighted by molar-refractivity contribution is 6.33. The van der Waals surface area contributed by atoms with Crippen LogP contribution in [-0.2, 0) is 0 Å². The molecule has 2 heterocycles. The molecule has 0 aliphatic heterocycles. The van der Waals surface area contributed by atoms with Crippen LogP contribution in [0.3, 0.4) is 0 Å². The van der Waals surface area contributed by atoms with Gasteiger partial charge in [-0.25, -0.2) is 9.97 Å². The number of nitrogens with one attached hydrogen (secondary N) is 1. The highest BCUT2D eigenvalue weighted by atomic mass is 35.5. The summed E-state index contributed by atoms with van der Waals surface area (Å²) in [7, 11) is 0. The van der Waals surface area contributed by atoms with Crippen LogP contribution in [0.5, 0.6) is 0 Å². The third-order valence-electron chi connectivity index (χ3n) is 3.51. The molecule has 0 aliphatic rings. The van der Waals surface area contributed by atoms with Gasteiger partial charge in [-0.1, -0.05) is 25.4 Å². The molecule has 21 heavy (non-hydrogen) atoms. The van der Waals surface area contributed by atoms with Crippen LogP contribution in [-0.4, -0.2) is 51.0 Å². The summed E-state index contributed by atoms with van der Waals surface area (Å²) in [5.74, 6) is 0.497. The van der Waals surface area contributed by atoms with Gasteiger partial charge in [-0.05, 0) is 26.9 Å². The number of aryl methyl sites for hydroxylation is 2. The van der Waals surface area contributed by atoms with Crippen molar-refractivity contribution in [3.63, 3.8) is 0 Å². The number of likely N-dealkylation sites (N-methyl/N-ethyl adjacent to an activating group) is 1. The maximum Gasteiger partial charge on any atom is 0.226 e. The zero-order valence-electron chi connectivity index (χ0n) is 12.9. The first-order valence-corrected chi connectivity index (χ1v) is 7.57. The molecule has 0 amide bonds. The largest absolute Gasteiger partial charge is 0.353 e. The Hall–Kier alpha value is -1.53. The van der Waals surface area contributed by atoms with E-state index in [0.29, 0.717) is 22.3 Å². The third kappa shape index (κ3) is 3.77. The van der Waals surface area contributed by atoms with Gasteiger partial charge in [-0.3, -0.25) is 0 Å². The molecule has 0 unspecified atom stereocenters. The number of anilines is 1. The maximum absolute atomic E-state index is 6.18. The standard InChI is InChI=1S/C14H21ClN6/c1-5-21(6-2)8-7-16-14-19-12(15)11-13(20-14)18-10(4)9(3)17-11/h5-8H2,1-4H3,(H,16,18,19,20). The lowest BCUT2D eigenvalue weighted by atomic mass is 10.3. The monoisotopic (exact) mass is 308 g/mol. The Balaban J connectivity index is 2.16. The van der Waals surface area contributed by atoms with Crippen molar-refractivity contribution in [3.8, 4) is 0 Å². The zero-order chi connectivity index (χ0) is 15.4. The Kier molecular flexibility index (Phi) is 5.25. The number of hydrogen-bond donors (Lipinski definition) is 1. The SMILES string of the molecule is CCN(CC)CCNc1nc(Cl)c2nc(C)c(C)nc2n1. The van der Waals surface area contributed by atoms with Gasteiger partial charge in [0.2, 0.25) is 5.95 Å². The average Bonchev–Trinajstić information content (AvgIpc) is 2.46. The topological polar surface area (TPSA) is 66.8 Å². The van der Waals surface area contributed by atoms with Gasteiger partial charge in [0, 0.05) is 13.1 Å². The minimum atomic E-state index is 0.334. The first kappa shape index (κ1) is 15.9. The summed E-state index contributed by atoms with van der Waals surface area (Å²) in [6.07, 6.45) is 0. The number of hydrogen-bond acceptors (Lipinski definition) is 6. The highest BCUT2D eigenvalue weighted by Crippen LogP contribution is 2.19. The summed E-state index contributed by atoms with van der Waals surface area (Å²) in [4.78, 5) is 19.8. The van der Waals surface area contributed by atoms with Gasteiger partial charge < -0.3 is 10.2 Å². The predicted octanol–water partition coefficient (Wildman–Crippen LogP) is 2.44. The Bertz CT molecular complexity index is 626. The van der Waals surface area contributed by atoms with Gasteiger partial charge in [-0.2, -0.15) is 9.97 Å². The lowest BCUT2D eigenvalue weighted by molar-refractivity contribution is 0.316. The quantitative estimate of drug-likeness (QED) is 0.827. The fourth-order valence-corrected chi connectivity index (χ4v) is 2.23. The van der Waals surface area contributed by atoms with Crippen LogP contribution in [0.1, 0.15) is 25.2 Å². The summed E-state index contributed by atoms with van der Waals surface area (Å²) in [5.41, 5.74) is 2.78. The van der Waals surface area contributed by atoms with Crippen LogP contribution in [0.4, 0.5) is 5.95 Å². The average molecular weight is 309 g/mol. The molecule has 0 spiro atoms. The van der Waals surface area contributed by atoms with Gasteiger partial charge in [0.05, 0.1) is 11.4 Å². The van der Waals surface area contributed by atoms with E-state index in [2.05, 4.69) is 44.0 Å². The Labute approximate surface area is 130 Å². The predicted molar refractivity (Wildman–Crippen MR) is 85.9 cm³/mol. The minimum Gasteiger partial charge on any atom is -0.353 e. The van der Waals surface area contributed by atoms with Crippen LogP contribution < -0.4 is 5.32 Å². The summed E-state index contributed by atoms with van der Waals surface area (Å²) in [5, 5.41) is 3.53.